The predicted molar refractivity (Wildman–Crippen MR) is 92.9 cm³/mol. The van der Waals surface area contributed by atoms with Gasteiger partial charge in [-0.1, -0.05) is 18.2 Å². The topological polar surface area (TPSA) is 74.5 Å². The zero-order chi connectivity index (χ0) is 16.9. The molecule has 1 aliphatic carbocycles. The third-order valence-corrected chi connectivity index (χ3v) is 4.58. The molecule has 0 aliphatic heterocycles. The van der Waals surface area contributed by atoms with Crippen LogP contribution in [0.4, 0.5) is 0 Å². The fraction of sp³-hybridized carbons (Fsp3) is 0.421. The van der Waals surface area contributed by atoms with Crippen molar-refractivity contribution < 1.29 is 0 Å². The van der Waals surface area contributed by atoms with Crippen LogP contribution in [0.2, 0.25) is 0 Å². The summed E-state index contributed by atoms with van der Waals surface area (Å²) in [6.07, 6.45) is 7.15. The number of imidazole rings is 1. The number of rotatable bonds is 5. The fourth-order valence-electron chi connectivity index (χ4n) is 3.34. The molecule has 1 aromatic carbocycles. The Balaban J connectivity index is 2.07. The van der Waals surface area contributed by atoms with E-state index in [4.69, 9.17) is 5.26 Å². The maximum absolute atomic E-state index is 13.0. The highest BCUT2D eigenvalue weighted by atomic mass is 16.1. The summed E-state index contributed by atoms with van der Waals surface area (Å²) < 4.78 is 3.49. The first-order valence-corrected chi connectivity index (χ1v) is 8.42. The van der Waals surface area contributed by atoms with Crippen molar-refractivity contribution in [3.8, 4) is 12.1 Å². The summed E-state index contributed by atoms with van der Waals surface area (Å²) in [5.41, 5.74) is 2.73. The summed E-state index contributed by atoms with van der Waals surface area (Å²) in [6, 6.07) is 12.0. The van der Waals surface area contributed by atoms with E-state index in [0.717, 1.165) is 36.0 Å². The Morgan fingerprint density at radius 1 is 1.17 bits per heavy atom. The van der Waals surface area contributed by atoms with Crippen LogP contribution < -0.4 is 5.69 Å². The molecule has 1 atom stereocenters. The highest BCUT2D eigenvalue weighted by molar-refractivity contribution is 5.80. The summed E-state index contributed by atoms with van der Waals surface area (Å²) >= 11 is 0. The number of benzene rings is 1. The predicted octanol–water partition coefficient (Wildman–Crippen LogP) is 3.66. The van der Waals surface area contributed by atoms with Crippen LogP contribution in [-0.4, -0.2) is 9.13 Å². The Labute approximate surface area is 141 Å². The van der Waals surface area contributed by atoms with Gasteiger partial charge in [-0.15, -0.1) is 0 Å². The maximum atomic E-state index is 13.0. The molecule has 0 spiro atoms. The SMILES string of the molecule is N#CCC[C@@H](C#N)Cn1c(=O)n(C2=CCCCC2)c2ccccc21. The van der Waals surface area contributed by atoms with Crippen molar-refractivity contribution in [2.45, 2.75) is 45.1 Å². The molecular weight excluding hydrogens is 300 g/mol. The lowest BCUT2D eigenvalue weighted by atomic mass is 10.0. The number of allylic oxidation sites excluding steroid dienone is 2. The summed E-state index contributed by atoms with van der Waals surface area (Å²) in [7, 11) is 0. The van der Waals surface area contributed by atoms with Crippen LogP contribution in [0.3, 0.4) is 0 Å². The molecule has 1 aliphatic rings. The first kappa shape index (κ1) is 16.1. The van der Waals surface area contributed by atoms with Crippen molar-refractivity contribution in [3.05, 3.63) is 40.8 Å². The van der Waals surface area contributed by atoms with E-state index in [2.05, 4.69) is 18.2 Å². The highest BCUT2D eigenvalue weighted by Crippen LogP contribution is 2.25. The van der Waals surface area contributed by atoms with Gasteiger partial charge in [-0.3, -0.25) is 9.13 Å². The van der Waals surface area contributed by atoms with Crippen LogP contribution in [0, 0.1) is 28.6 Å². The number of hydrogen-bond donors (Lipinski definition) is 0. The van der Waals surface area contributed by atoms with Gasteiger partial charge in [-0.25, -0.2) is 4.79 Å². The van der Waals surface area contributed by atoms with E-state index in [9.17, 15) is 10.1 Å². The van der Waals surface area contributed by atoms with Crippen LogP contribution in [-0.2, 0) is 6.54 Å². The first-order valence-electron chi connectivity index (χ1n) is 8.42. The van der Waals surface area contributed by atoms with E-state index in [-0.39, 0.29) is 11.6 Å². The average Bonchev–Trinajstić information content (AvgIpc) is 2.91. The first-order chi connectivity index (χ1) is 11.8. The summed E-state index contributed by atoms with van der Waals surface area (Å²) in [5.74, 6) is -0.332. The highest BCUT2D eigenvalue weighted by Gasteiger charge is 2.19. The molecule has 2 aromatic rings. The molecule has 122 valence electrons. The van der Waals surface area contributed by atoms with E-state index in [1.807, 2.05) is 24.3 Å². The number of aromatic nitrogens is 2. The second-order valence-corrected chi connectivity index (χ2v) is 6.18. The second kappa shape index (κ2) is 7.19. The van der Waals surface area contributed by atoms with Crippen LogP contribution in [0.15, 0.2) is 35.1 Å². The molecule has 24 heavy (non-hydrogen) atoms. The average molecular weight is 320 g/mol. The standard InChI is InChI=1S/C19H20N4O/c20-12-6-7-15(13-21)14-22-17-10-4-5-11-18(17)23(19(22)24)16-8-2-1-3-9-16/h4-5,8,10-11,15H,1-3,6-7,9,14H2/t15-/m0/s1. The van der Waals surface area contributed by atoms with Gasteiger partial charge in [-0.2, -0.15) is 10.5 Å². The van der Waals surface area contributed by atoms with E-state index in [1.54, 1.807) is 9.13 Å². The third kappa shape index (κ3) is 2.98. The van der Waals surface area contributed by atoms with E-state index in [0.29, 0.717) is 19.4 Å². The van der Waals surface area contributed by atoms with Crippen molar-refractivity contribution in [2.75, 3.05) is 0 Å². The minimum Gasteiger partial charge on any atom is -0.290 e. The number of hydrogen-bond acceptors (Lipinski definition) is 3. The minimum absolute atomic E-state index is 0.0819. The fourth-order valence-corrected chi connectivity index (χ4v) is 3.34. The molecule has 5 heteroatoms. The van der Waals surface area contributed by atoms with Gasteiger partial charge in [0.2, 0.25) is 0 Å². The van der Waals surface area contributed by atoms with Crippen LogP contribution in [0.25, 0.3) is 16.7 Å². The largest absolute Gasteiger partial charge is 0.333 e. The van der Waals surface area contributed by atoms with E-state index < -0.39 is 0 Å². The van der Waals surface area contributed by atoms with Gasteiger partial charge in [-0.05, 0) is 44.2 Å². The van der Waals surface area contributed by atoms with Crippen molar-refractivity contribution in [1.82, 2.24) is 9.13 Å². The lowest BCUT2D eigenvalue weighted by Crippen LogP contribution is -2.26. The van der Waals surface area contributed by atoms with Gasteiger partial charge in [0.15, 0.2) is 0 Å². The zero-order valence-corrected chi connectivity index (χ0v) is 13.6. The van der Waals surface area contributed by atoms with Crippen molar-refractivity contribution >= 4 is 16.7 Å². The van der Waals surface area contributed by atoms with Gasteiger partial charge in [0, 0.05) is 18.7 Å². The van der Waals surface area contributed by atoms with Crippen LogP contribution in [0.5, 0.6) is 0 Å². The van der Waals surface area contributed by atoms with Crippen LogP contribution in [0.1, 0.15) is 38.5 Å². The van der Waals surface area contributed by atoms with E-state index >= 15 is 0 Å². The number of nitriles is 2. The zero-order valence-electron chi connectivity index (χ0n) is 13.6. The van der Waals surface area contributed by atoms with Gasteiger partial charge >= 0.3 is 5.69 Å². The molecular formula is C19H20N4O. The molecule has 0 fully saturated rings. The maximum Gasteiger partial charge on any atom is 0.333 e. The molecule has 5 nitrogen and oxygen atoms in total. The van der Waals surface area contributed by atoms with Crippen LogP contribution >= 0.6 is 0 Å². The molecule has 0 saturated heterocycles. The Morgan fingerprint density at radius 3 is 2.62 bits per heavy atom. The second-order valence-electron chi connectivity index (χ2n) is 6.18. The lowest BCUT2D eigenvalue weighted by molar-refractivity contribution is 0.507. The van der Waals surface area contributed by atoms with Gasteiger partial charge < -0.3 is 0 Å². The molecule has 0 unspecified atom stereocenters. The Kier molecular flexibility index (Phi) is 4.82. The Hall–Kier alpha value is -2.79. The molecule has 1 aromatic heterocycles. The Bertz CT molecular complexity index is 904. The van der Waals surface area contributed by atoms with Gasteiger partial charge in [0.05, 0.1) is 29.1 Å². The molecule has 3 rings (SSSR count). The molecule has 0 bridgehead atoms. The number of para-hydroxylation sites is 2. The van der Waals surface area contributed by atoms with E-state index in [1.165, 1.54) is 6.42 Å². The van der Waals surface area contributed by atoms with Crippen molar-refractivity contribution in [2.24, 2.45) is 5.92 Å². The summed E-state index contributed by atoms with van der Waals surface area (Å²) in [4.78, 5) is 13.0. The molecule has 1 heterocycles. The minimum atomic E-state index is -0.332. The summed E-state index contributed by atoms with van der Waals surface area (Å²) in [5, 5.41) is 18.1. The normalized spacial score (nSPS) is 15.5. The quantitative estimate of drug-likeness (QED) is 0.843. The smallest absolute Gasteiger partial charge is 0.290 e. The van der Waals surface area contributed by atoms with Crippen molar-refractivity contribution in [3.63, 3.8) is 0 Å². The van der Waals surface area contributed by atoms with Gasteiger partial charge in [0.1, 0.15) is 0 Å². The third-order valence-electron chi connectivity index (χ3n) is 4.58. The van der Waals surface area contributed by atoms with Gasteiger partial charge in [0.25, 0.3) is 0 Å². The number of nitrogens with zero attached hydrogens (tertiary/aromatic N) is 4. The Morgan fingerprint density at radius 2 is 1.96 bits per heavy atom. The molecule has 0 radical (unpaired) electrons. The lowest BCUT2D eigenvalue weighted by Gasteiger charge is -2.13. The molecule has 0 amide bonds. The molecule has 0 saturated carbocycles. The van der Waals surface area contributed by atoms with Crippen molar-refractivity contribution in [1.29, 1.82) is 10.5 Å². The number of fused-ring (bicyclic) bond motifs is 1. The summed E-state index contributed by atoms with van der Waals surface area (Å²) in [6.45, 7) is 0.331. The monoisotopic (exact) mass is 320 g/mol. The molecule has 0 N–H and O–H groups in total.